The Hall–Kier alpha value is -2.77. The highest BCUT2D eigenvalue weighted by molar-refractivity contribution is 5.75. The Morgan fingerprint density at radius 1 is 1.15 bits per heavy atom. The average Bonchev–Trinajstić information content (AvgIpc) is 3.15. The molecule has 1 aliphatic rings. The van der Waals surface area contributed by atoms with Crippen molar-refractivity contribution in [1.82, 2.24) is 4.40 Å². The zero-order valence-electron chi connectivity index (χ0n) is 16.0. The van der Waals surface area contributed by atoms with Crippen molar-refractivity contribution in [2.45, 2.75) is 32.7 Å². The van der Waals surface area contributed by atoms with E-state index in [1.165, 1.54) is 11.1 Å². The molecule has 0 bridgehead atoms. The molecular formula is C23H25N3O. The molecule has 1 saturated heterocycles. The summed E-state index contributed by atoms with van der Waals surface area (Å²) in [5.74, 6) is 1.14. The number of aromatic nitrogens is 1. The Kier molecular flexibility index (Phi) is 4.87. The van der Waals surface area contributed by atoms with Gasteiger partial charge in [-0.25, -0.2) is 0 Å². The van der Waals surface area contributed by atoms with Crippen LogP contribution in [-0.2, 0) is 4.74 Å². The molecule has 0 amide bonds. The molecule has 0 spiro atoms. The van der Waals surface area contributed by atoms with E-state index in [9.17, 15) is 5.26 Å². The van der Waals surface area contributed by atoms with E-state index in [1.807, 2.05) is 12.1 Å². The second-order valence-electron chi connectivity index (χ2n) is 7.14. The third-order valence-electron chi connectivity index (χ3n) is 5.58. The number of hydrogen-bond acceptors (Lipinski definition) is 3. The van der Waals surface area contributed by atoms with E-state index in [4.69, 9.17) is 4.74 Å². The Morgan fingerprint density at radius 2 is 1.89 bits per heavy atom. The fourth-order valence-electron chi connectivity index (χ4n) is 4.17. The number of hydrogen-bond donors (Lipinski definition) is 0. The molecule has 1 fully saturated rings. The molecule has 1 aromatic carbocycles. The van der Waals surface area contributed by atoms with E-state index in [0.717, 1.165) is 55.1 Å². The van der Waals surface area contributed by atoms with Gasteiger partial charge in [-0.15, -0.1) is 0 Å². The zero-order valence-corrected chi connectivity index (χ0v) is 16.0. The van der Waals surface area contributed by atoms with Crippen molar-refractivity contribution in [3.05, 3.63) is 59.8 Å². The molecule has 0 radical (unpaired) electrons. The first-order chi connectivity index (χ1) is 13.2. The van der Waals surface area contributed by atoms with Crippen LogP contribution in [0.1, 0.15) is 30.9 Å². The molecule has 0 N–H and O–H groups in total. The van der Waals surface area contributed by atoms with Crippen molar-refractivity contribution in [3.8, 4) is 17.2 Å². The highest BCUT2D eigenvalue weighted by Crippen LogP contribution is 2.33. The van der Waals surface area contributed by atoms with Gasteiger partial charge < -0.3 is 14.0 Å². The molecule has 4 heteroatoms. The van der Waals surface area contributed by atoms with Gasteiger partial charge in [-0.3, -0.25) is 0 Å². The minimum Gasteiger partial charge on any atom is -0.381 e. The van der Waals surface area contributed by atoms with Crippen molar-refractivity contribution >= 4 is 11.3 Å². The maximum Gasteiger partial charge on any atom is 0.117 e. The Labute approximate surface area is 160 Å². The third kappa shape index (κ3) is 3.20. The monoisotopic (exact) mass is 359 g/mol. The van der Waals surface area contributed by atoms with E-state index >= 15 is 0 Å². The van der Waals surface area contributed by atoms with Crippen LogP contribution in [-0.4, -0.2) is 30.2 Å². The fraction of sp³-hybridized carbons (Fsp3) is 0.348. The van der Waals surface area contributed by atoms with Gasteiger partial charge in [0, 0.05) is 48.6 Å². The molecule has 4 rings (SSSR count). The topological polar surface area (TPSA) is 40.7 Å². The lowest BCUT2D eigenvalue weighted by molar-refractivity contribution is 0.0844. The van der Waals surface area contributed by atoms with E-state index in [2.05, 4.69) is 65.7 Å². The number of nitriles is 1. The van der Waals surface area contributed by atoms with Crippen molar-refractivity contribution in [2.75, 3.05) is 24.7 Å². The molecule has 4 nitrogen and oxygen atoms in total. The first kappa shape index (κ1) is 17.6. The van der Waals surface area contributed by atoms with Gasteiger partial charge >= 0.3 is 0 Å². The molecular weight excluding hydrogens is 334 g/mol. The fourth-order valence-corrected chi connectivity index (χ4v) is 4.17. The summed E-state index contributed by atoms with van der Waals surface area (Å²) in [6.07, 6.45) is 4.26. The number of benzene rings is 1. The summed E-state index contributed by atoms with van der Waals surface area (Å²) in [6, 6.07) is 17.4. The first-order valence-corrected chi connectivity index (χ1v) is 9.68. The lowest BCUT2D eigenvalue weighted by atomic mass is 10.0. The molecule has 0 unspecified atom stereocenters. The average molecular weight is 359 g/mol. The van der Waals surface area contributed by atoms with Crippen LogP contribution in [0.15, 0.2) is 48.7 Å². The Balaban J connectivity index is 1.90. The van der Waals surface area contributed by atoms with Gasteiger partial charge in [0.25, 0.3) is 0 Å². The van der Waals surface area contributed by atoms with E-state index in [-0.39, 0.29) is 0 Å². The molecule has 3 heterocycles. The van der Waals surface area contributed by atoms with Crippen LogP contribution in [0.25, 0.3) is 16.6 Å². The summed E-state index contributed by atoms with van der Waals surface area (Å²) in [5, 5.41) is 9.69. The lowest BCUT2D eigenvalue weighted by Crippen LogP contribution is -2.40. The molecule has 0 saturated carbocycles. The minimum atomic E-state index is 0.446. The molecule has 0 aliphatic carbocycles. The first-order valence-electron chi connectivity index (χ1n) is 9.68. The summed E-state index contributed by atoms with van der Waals surface area (Å²) in [4.78, 5) is 2.46. The van der Waals surface area contributed by atoms with E-state index in [0.29, 0.717) is 6.04 Å². The molecule has 1 aliphatic heterocycles. The predicted octanol–water partition coefficient (Wildman–Crippen LogP) is 4.79. The second kappa shape index (κ2) is 7.46. The number of pyridine rings is 1. The van der Waals surface area contributed by atoms with Crippen LogP contribution in [0.5, 0.6) is 0 Å². The molecule has 2 aromatic heterocycles. The van der Waals surface area contributed by atoms with Crippen molar-refractivity contribution in [1.29, 1.82) is 5.26 Å². The lowest BCUT2D eigenvalue weighted by Gasteiger charge is -2.36. The van der Waals surface area contributed by atoms with Gasteiger partial charge in [0.2, 0.25) is 0 Å². The highest BCUT2D eigenvalue weighted by Gasteiger charge is 2.25. The number of fused-ring (bicyclic) bond motifs is 1. The van der Waals surface area contributed by atoms with Crippen LogP contribution in [0, 0.1) is 18.3 Å². The van der Waals surface area contributed by atoms with Crippen molar-refractivity contribution in [2.24, 2.45) is 0 Å². The van der Waals surface area contributed by atoms with E-state index < -0.39 is 0 Å². The molecule has 138 valence electrons. The normalized spacial score (nSPS) is 15.0. The van der Waals surface area contributed by atoms with Gasteiger partial charge in [0.1, 0.15) is 5.82 Å². The summed E-state index contributed by atoms with van der Waals surface area (Å²) in [5.41, 5.74) is 5.23. The van der Waals surface area contributed by atoms with Gasteiger partial charge in [-0.1, -0.05) is 30.3 Å². The number of nitrogens with zero attached hydrogens (tertiary/aromatic N) is 3. The van der Waals surface area contributed by atoms with Crippen LogP contribution < -0.4 is 4.90 Å². The maximum atomic E-state index is 9.69. The summed E-state index contributed by atoms with van der Waals surface area (Å²) >= 11 is 0. The van der Waals surface area contributed by atoms with E-state index in [1.54, 1.807) is 0 Å². The second-order valence-corrected chi connectivity index (χ2v) is 7.14. The van der Waals surface area contributed by atoms with Crippen LogP contribution in [0.3, 0.4) is 0 Å². The maximum absolute atomic E-state index is 9.69. The molecule has 3 aromatic rings. The summed E-state index contributed by atoms with van der Waals surface area (Å²) in [6.45, 7) is 6.79. The van der Waals surface area contributed by atoms with Crippen LogP contribution in [0.2, 0.25) is 0 Å². The smallest absolute Gasteiger partial charge is 0.117 e. The van der Waals surface area contributed by atoms with Gasteiger partial charge in [-0.05, 0) is 44.4 Å². The number of anilines is 1. The van der Waals surface area contributed by atoms with Crippen LogP contribution in [0.4, 0.5) is 5.82 Å². The van der Waals surface area contributed by atoms with Gasteiger partial charge in [0.15, 0.2) is 0 Å². The van der Waals surface area contributed by atoms with Gasteiger partial charge in [-0.2, -0.15) is 5.26 Å². The molecule has 0 atom stereocenters. The van der Waals surface area contributed by atoms with Crippen LogP contribution >= 0.6 is 0 Å². The number of rotatable bonds is 4. The highest BCUT2D eigenvalue weighted by atomic mass is 16.5. The Bertz CT molecular complexity index is 978. The Morgan fingerprint density at radius 3 is 2.56 bits per heavy atom. The van der Waals surface area contributed by atoms with Crippen molar-refractivity contribution < 1.29 is 4.74 Å². The SMILES string of the molecule is CCN(c1c(C)c(C#N)cc2cc(-c3ccccc3)cn12)C1CCOCC1. The zero-order chi connectivity index (χ0) is 18.8. The minimum absolute atomic E-state index is 0.446. The largest absolute Gasteiger partial charge is 0.381 e. The summed E-state index contributed by atoms with van der Waals surface area (Å²) in [7, 11) is 0. The molecule has 27 heavy (non-hydrogen) atoms. The quantitative estimate of drug-likeness (QED) is 0.672. The number of ether oxygens (including phenoxy) is 1. The predicted molar refractivity (Wildman–Crippen MR) is 109 cm³/mol. The standard InChI is InChI=1S/C23H25N3O/c1-3-25(21-9-11-27-12-10-21)23-17(2)19(15-24)13-22-14-20(16-26(22)23)18-7-5-4-6-8-18/h4-8,13-14,16,21H,3,9-12H2,1-2H3. The summed E-state index contributed by atoms with van der Waals surface area (Å²) < 4.78 is 7.83. The van der Waals surface area contributed by atoms with Crippen molar-refractivity contribution in [3.63, 3.8) is 0 Å². The third-order valence-corrected chi connectivity index (χ3v) is 5.58. The van der Waals surface area contributed by atoms with Gasteiger partial charge in [0.05, 0.1) is 11.6 Å².